The lowest BCUT2D eigenvalue weighted by molar-refractivity contribution is -0.120. The Balaban J connectivity index is 2.40. The molecule has 2 amide bonds. The summed E-state index contributed by atoms with van der Waals surface area (Å²) in [6, 6.07) is 3.20. The van der Waals surface area contributed by atoms with Gasteiger partial charge in [-0.15, -0.1) is 0 Å². The molecule has 0 spiro atoms. The third kappa shape index (κ3) is 6.54. The van der Waals surface area contributed by atoms with Crippen molar-refractivity contribution in [2.24, 2.45) is 0 Å². The Kier molecular flexibility index (Phi) is 7.54. The molecule has 1 heterocycles. The van der Waals surface area contributed by atoms with Gasteiger partial charge in [-0.25, -0.2) is 4.98 Å². The highest BCUT2D eigenvalue weighted by Gasteiger charge is 2.07. The molecule has 0 bridgehead atoms. The van der Waals surface area contributed by atoms with Crippen molar-refractivity contribution in [2.45, 2.75) is 19.8 Å². The van der Waals surface area contributed by atoms with Crippen LogP contribution in [-0.4, -0.2) is 41.6 Å². The largest absolute Gasteiger partial charge is 0.384 e. The molecule has 6 nitrogen and oxygen atoms in total. The average molecular weight is 289 g/mol. The third-order valence-electron chi connectivity index (χ3n) is 2.52. The van der Waals surface area contributed by atoms with E-state index in [4.69, 9.17) is 5.11 Å². The minimum atomic E-state index is -0.333. The van der Waals surface area contributed by atoms with Crippen molar-refractivity contribution in [2.75, 3.05) is 19.7 Å². The number of aromatic nitrogens is 1. The summed E-state index contributed by atoms with van der Waals surface area (Å²) in [4.78, 5) is 27.1. The first-order valence-corrected chi connectivity index (χ1v) is 6.78. The Morgan fingerprint density at radius 3 is 2.71 bits per heavy atom. The molecule has 0 radical (unpaired) electrons. The number of aliphatic hydroxyl groups excluding tert-OH is 1. The Morgan fingerprint density at radius 2 is 2.10 bits per heavy atom. The van der Waals surface area contributed by atoms with Crippen LogP contribution in [0, 0.1) is 11.8 Å². The molecule has 0 aliphatic rings. The molecular weight excluding hydrogens is 270 g/mol. The highest BCUT2D eigenvalue weighted by atomic mass is 16.2. The van der Waals surface area contributed by atoms with E-state index in [-0.39, 0.29) is 37.1 Å². The molecular formula is C15H19N3O3. The predicted molar refractivity (Wildman–Crippen MR) is 78.5 cm³/mol. The molecule has 1 aromatic heterocycles. The van der Waals surface area contributed by atoms with Gasteiger partial charge in [0.15, 0.2) is 0 Å². The summed E-state index contributed by atoms with van der Waals surface area (Å²) in [5, 5.41) is 13.9. The molecule has 0 atom stereocenters. The van der Waals surface area contributed by atoms with Gasteiger partial charge in [0.25, 0.3) is 5.91 Å². The molecule has 1 aromatic rings. The van der Waals surface area contributed by atoms with E-state index in [2.05, 4.69) is 27.5 Å². The van der Waals surface area contributed by atoms with Crippen molar-refractivity contribution in [3.05, 3.63) is 29.6 Å². The molecule has 0 aliphatic heterocycles. The predicted octanol–water partition coefficient (Wildman–Crippen LogP) is 0.0715. The van der Waals surface area contributed by atoms with Gasteiger partial charge in [0.2, 0.25) is 5.91 Å². The fraction of sp³-hybridized carbons (Fsp3) is 0.400. The lowest BCUT2D eigenvalue weighted by Crippen LogP contribution is -2.31. The first-order chi connectivity index (χ1) is 10.2. The molecule has 0 unspecified atom stereocenters. The van der Waals surface area contributed by atoms with Crippen LogP contribution in [0.2, 0.25) is 0 Å². The van der Waals surface area contributed by atoms with Crippen LogP contribution in [0.5, 0.6) is 0 Å². The molecule has 0 saturated carbocycles. The minimum Gasteiger partial charge on any atom is -0.384 e. The number of pyridine rings is 1. The maximum atomic E-state index is 11.8. The molecule has 21 heavy (non-hydrogen) atoms. The van der Waals surface area contributed by atoms with E-state index in [1.54, 1.807) is 12.1 Å². The summed E-state index contributed by atoms with van der Waals surface area (Å²) in [7, 11) is 0. The fourth-order valence-corrected chi connectivity index (χ4v) is 1.48. The lowest BCUT2D eigenvalue weighted by atomic mass is 10.2. The minimum absolute atomic E-state index is 0.0836. The van der Waals surface area contributed by atoms with Crippen LogP contribution in [0.15, 0.2) is 18.3 Å². The summed E-state index contributed by atoms with van der Waals surface area (Å²) in [6.07, 6.45) is 2.59. The molecule has 0 aromatic carbocycles. The first kappa shape index (κ1) is 16.7. The van der Waals surface area contributed by atoms with Gasteiger partial charge < -0.3 is 15.7 Å². The van der Waals surface area contributed by atoms with E-state index < -0.39 is 0 Å². The Hall–Kier alpha value is -2.39. The molecule has 0 aliphatic carbocycles. The molecule has 6 heteroatoms. The molecule has 0 fully saturated rings. The topological polar surface area (TPSA) is 91.3 Å². The van der Waals surface area contributed by atoms with Gasteiger partial charge in [0, 0.05) is 31.3 Å². The van der Waals surface area contributed by atoms with Crippen LogP contribution in [0.1, 0.15) is 35.8 Å². The molecule has 112 valence electrons. The van der Waals surface area contributed by atoms with Gasteiger partial charge in [0.1, 0.15) is 12.3 Å². The second kappa shape index (κ2) is 9.50. The number of aliphatic hydroxyl groups is 1. The summed E-state index contributed by atoms with van der Waals surface area (Å²) in [6.45, 7) is 2.66. The van der Waals surface area contributed by atoms with Crippen molar-refractivity contribution < 1.29 is 14.7 Å². The zero-order valence-electron chi connectivity index (χ0n) is 12.0. The van der Waals surface area contributed by atoms with Gasteiger partial charge in [-0.1, -0.05) is 18.8 Å². The van der Waals surface area contributed by atoms with Crippen molar-refractivity contribution in [3.8, 4) is 11.8 Å². The van der Waals surface area contributed by atoms with Crippen LogP contribution in [0.4, 0.5) is 0 Å². The van der Waals surface area contributed by atoms with Crippen molar-refractivity contribution in [1.29, 1.82) is 0 Å². The number of hydrogen-bond acceptors (Lipinski definition) is 4. The second-order valence-corrected chi connectivity index (χ2v) is 4.25. The zero-order valence-corrected chi connectivity index (χ0v) is 12.0. The quantitative estimate of drug-likeness (QED) is 0.646. The van der Waals surface area contributed by atoms with Crippen molar-refractivity contribution >= 4 is 11.8 Å². The lowest BCUT2D eigenvalue weighted by Gasteiger charge is -2.05. The highest BCUT2D eigenvalue weighted by molar-refractivity contribution is 5.92. The number of rotatable bonds is 6. The number of nitrogens with one attached hydrogen (secondary N) is 2. The fourth-order valence-electron chi connectivity index (χ4n) is 1.48. The van der Waals surface area contributed by atoms with E-state index in [1.807, 2.05) is 6.92 Å². The number of carbonyl (C=O) groups excluding carboxylic acids is 2. The Morgan fingerprint density at radius 1 is 1.29 bits per heavy atom. The summed E-state index contributed by atoms with van der Waals surface area (Å²) in [5.74, 6) is 4.77. The van der Waals surface area contributed by atoms with Gasteiger partial charge in [-0.2, -0.15) is 0 Å². The van der Waals surface area contributed by atoms with E-state index >= 15 is 0 Å². The molecule has 1 rings (SSSR count). The zero-order chi connectivity index (χ0) is 15.5. The van der Waals surface area contributed by atoms with Gasteiger partial charge in [-0.05, 0) is 18.6 Å². The monoisotopic (exact) mass is 289 g/mol. The smallest absolute Gasteiger partial charge is 0.269 e. The summed E-state index contributed by atoms with van der Waals surface area (Å²) in [5.41, 5.74) is 0.887. The Bertz CT molecular complexity index is 529. The number of amides is 2. The Labute approximate surface area is 124 Å². The SMILES string of the molecule is CCCNC(=O)CCNC(=O)c1ccc(C#CCO)cn1. The standard InChI is InChI=1S/C15H19N3O3/c1-2-8-16-14(20)7-9-17-15(21)13-6-5-12(11-18-13)4-3-10-19/h5-6,11,19H,2,7-10H2,1H3,(H,16,20)(H,17,21). The second-order valence-electron chi connectivity index (χ2n) is 4.25. The number of hydrogen-bond donors (Lipinski definition) is 3. The van der Waals surface area contributed by atoms with Gasteiger partial charge in [-0.3, -0.25) is 9.59 Å². The first-order valence-electron chi connectivity index (χ1n) is 6.78. The van der Waals surface area contributed by atoms with Crippen LogP contribution >= 0.6 is 0 Å². The average Bonchev–Trinajstić information content (AvgIpc) is 2.51. The summed E-state index contributed by atoms with van der Waals surface area (Å²) < 4.78 is 0. The van der Waals surface area contributed by atoms with Crippen LogP contribution in [0.25, 0.3) is 0 Å². The maximum Gasteiger partial charge on any atom is 0.269 e. The molecule has 0 saturated heterocycles. The van der Waals surface area contributed by atoms with Gasteiger partial charge >= 0.3 is 0 Å². The van der Waals surface area contributed by atoms with E-state index in [0.717, 1.165) is 6.42 Å². The van der Waals surface area contributed by atoms with E-state index in [9.17, 15) is 9.59 Å². The highest BCUT2D eigenvalue weighted by Crippen LogP contribution is 1.99. The maximum absolute atomic E-state index is 11.8. The number of nitrogens with zero attached hydrogens (tertiary/aromatic N) is 1. The number of carbonyl (C=O) groups is 2. The molecule has 3 N–H and O–H groups in total. The van der Waals surface area contributed by atoms with Crippen LogP contribution < -0.4 is 10.6 Å². The van der Waals surface area contributed by atoms with Crippen molar-refractivity contribution in [3.63, 3.8) is 0 Å². The van der Waals surface area contributed by atoms with E-state index in [1.165, 1.54) is 6.20 Å². The third-order valence-corrected chi connectivity index (χ3v) is 2.52. The van der Waals surface area contributed by atoms with Crippen LogP contribution in [0.3, 0.4) is 0 Å². The van der Waals surface area contributed by atoms with Gasteiger partial charge in [0.05, 0.1) is 0 Å². The van der Waals surface area contributed by atoms with E-state index in [0.29, 0.717) is 12.1 Å². The normalized spacial score (nSPS) is 9.43. The van der Waals surface area contributed by atoms with Crippen molar-refractivity contribution in [1.82, 2.24) is 15.6 Å². The summed E-state index contributed by atoms with van der Waals surface area (Å²) >= 11 is 0. The van der Waals surface area contributed by atoms with Crippen LogP contribution in [-0.2, 0) is 4.79 Å².